The van der Waals surface area contributed by atoms with Crippen LogP contribution in [0.4, 0.5) is 0 Å². The molecule has 0 spiro atoms. The third-order valence-corrected chi connectivity index (χ3v) is 2.07. The molecule has 0 atom stereocenters. The predicted molar refractivity (Wildman–Crippen MR) is 54.5 cm³/mol. The molecule has 0 N–H and O–H groups in total. The lowest BCUT2D eigenvalue weighted by molar-refractivity contribution is -0.138. The van der Waals surface area contributed by atoms with Crippen LogP contribution >= 0.6 is 0 Å². The van der Waals surface area contributed by atoms with Crippen molar-refractivity contribution < 1.29 is 9.59 Å². The standard InChI is InChI=1S/C11H17NO2/c1-11(2,3)7-6-10(14)12-8-4-5-9(12)13/h6-7H,4-5,8H2,1-3H3/b7-6+. The number of carbonyl (C=O) groups excluding carboxylic acids is 2. The second-order valence-corrected chi connectivity index (χ2v) is 4.69. The summed E-state index contributed by atoms with van der Waals surface area (Å²) in [6.45, 7) is 6.62. The van der Waals surface area contributed by atoms with E-state index in [-0.39, 0.29) is 17.2 Å². The molecule has 1 aliphatic rings. The van der Waals surface area contributed by atoms with E-state index in [0.29, 0.717) is 13.0 Å². The van der Waals surface area contributed by atoms with Crippen LogP contribution in [0.1, 0.15) is 33.6 Å². The van der Waals surface area contributed by atoms with E-state index in [0.717, 1.165) is 6.42 Å². The molecule has 1 saturated heterocycles. The average Bonchev–Trinajstić information content (AvgIpc) is 2.46. The quantitative estimate of drug-likeness (QED) is 0.598. The molecule has 0 aliphatic carbocycles. The summed E-state index contributed by atoms with van der Waals surface area (Å²) in [4.78, 5) is 24.1. The van der Waals surface area contributed by atoms with Gasteiger partial charge in [-0.25, -0.2) is 0 Å². The molecule has 0 saturated carbocycles. The third-order valence-electron chi connectivity index (χ3n) is 2.07. The number of nitrogens with zero attached hydrogens (tertiary/aromatic N) is 1. The normalized spacial score (nSPS) is 18.2. The van der Waals surface area contributed by atoms with Crippen molar-refractivity contribution in [1.29, 1.82) is 0 Å². The molecule has 0 unspecified atom stereocenters. The van der Waals surface area contributed by atoms with Crippen molar-refractivity contribution in [2.24, 2.45) is 5.41 Å². The van der Waals surface area contributed by atoms with Gasteiger partial charge in [0.1, 0.15) is 0 Å². The summed E-state index contributed by atoms with van der Waals surface area (Å²) in [5, 5.41) is 0. The summed E-state index contributed by atoms with van der Waals surface area (Å²) in [6.07, 6.45) is 4.65. The fraction of sp³-hybridized carbons (Fsp3) is 0.636. The van der Waals surface area contributed by atoms with E-state index in [1.807, 2.05) is 26.8 Å². The molecule has 3 nitrogen and oxygen atoms in total. The Kier molecular flexibility index (Phi) is 3.09. The molecule has 78 valence electrons. The molecular weight excluding hydrogens is 178 g/mol. The van der Waals surface area contributed by atoms with Crippen molar-refractivity contribution in [3.05, 3.63) is 12.2 Å². The van der Waals surface area contributed by atoms with E-state index >= 15 is 0 Å². The van der Waals surface area contributed by atoms with Crippen LogP contribution in [0.3, 0.4) is 0 Å². The Morgan fingerprint density at radius 3 is 2.50 bits per heavy atom. The first kappa shape index (κ1) is 11.0. The van der Waals surface area contributed by atoms with Crippen LogP contribution in [0.5, 0.6) is 0 Å². The van der Waals surface area contributed by atoms with E-state index in [1.165, 1.54) is 11.0 Å². The van der Waals surface area contributed by atoms with Gasteiger partial charge in [0, 0.05) is 19.0 Å². The SMILES string of the molecule is CC(C)(C)/C=C/C(=O)N1CCCC1=O. The zero-order chi connectivity index (χ0) is 10.8. The number of rotatable bonds is 1. The Balaban J connectivity index is 2.58. The van der Waals surface area contributed by atoms with Crippen molar-refractivity contribution in [3.8, 4) is 0 Å². The summed E-state index contributed by atoms with van der Waals surface area (Å²) in [6, 6.07) is 0. The number of hydrogen-bond donors (Lipinski definition) is 0. The maximum atomic E-state index is 11.5. The summed E-state index contributed by atoms with van der Waals surface area (Å²) >= 11 is 0. The Hall–Kier alpha value is -1.12. The zero-order valence-corrected chi connectivity index (χ0v) is 9.04. The lowest BCUT2D eigenvalue weighted by atomic mass is 9.96. The molecular formula is C11H17NO2. The van der Waals surface area contributed by atoms with E-state index in [4.69, 9.17) is 0 Å². The van der Waals surface area contributed by atoms with Gasteiger partial charge in [0.15, 0.2) is 0 Å². The van der Waals surface area contributed by atoms with Gasteiger partial charge >= 0.3 is 0 Å². The Bertz CT molecular complexity index is 274. The largest absolute Gasteiger partial charge is 0.279 e. The maximum absolute atomic E-state index is 11.5. The number of likely N-dealkylation sites (tertiary alicyclic amines) is 1. The molecule has 0 aromatic rings. The first-order valence-corrected chi connectivity index (χ1v) is 4.94. The minimum Gasteiger partial charge on any atom is -0.279 e. The van der Waals surface area contributed by atoms with E-state index in [9.17, 15) is 9.59 Å². The summed E-state index contributed by atoms with van der Waals surface area (Å²) in [7, 11) is 0. The third kappa shape index (κ3) is 2.98. The Labute approximate surface area is 84.8 Å². The van der Waals surface area contributed by atoms with Crippen LogP contribution in [0.25, 0.3) is 0 Å². The lowest BCUT2D eigenvalue weighted by Gasteiger charge is -2.13. The zero-order valence-electron chi connectivity index (χ0n) is 9.04. The van der Waals surface area contributed by atoms with Gasteiger partial charge < -0.3 is 0 Å². The second-order valence-electron chi connectivity index (χ2n) is 4.69. The van der Waals surface area contributed by atoms with E-state index < -0.39 is 0 Å². The minimum atomic E-state index is -0.178. The van der Waals surface area contributed by atoms with Crippen LogP contribution in [0, 0.1) is 5.41 Å². The highest BCUT2D eigenvalue weighted by atomic mass is 16.2. The first-order valence-electron chi connectivity index (χ1n) is 4.94. The molecule has 0 aromatic heterocycles. The van der Waals surface area contributed by atoms with Crippen LogP contribution in [0.2, 0.25) is 0 Å². The fourth-order valence-corrected chi connectivity index (χ4v) is 1.29. The minimum absolute atomic E-state index is 0.0154. The second kappa shape index (κ2) is 3.95. The van der Waals surface area contributed by atoms with Crippen LogP contribution < -0.4 is 0 Å². The number of allylic oxidation sites excluding steroid dienone is 1. The van der Waals surface area contributed by atoms with Gasteiger partial charge in [-0.05, 0) is 11.8 Å². The lowest BCUT2D eigenvalue weighted by Crippen LogP contribution is -2.30. The molecule has 14 heavy (non-hydrogen) atoms. The van der Waals surface area contributed by atoms with Crippen LogP contribution in [0.15, 0.2) is 12.2 Å². The molecule has 2 amide bonds. The summed E-state index contributed by atoms with van der Waals surface area (Å²) in [5.74, 6) is -0.226. The van der Waals surface area contributed by atoms with Crippen LogP contribution in [-0.4, -0.2) is 23.3 Å². The van der Waals surface area contributed by atoms with Gasteiger partial charge in [0.05, 0.1) is 0 Å². The number of imide groups is 1. The summed E-state index contributed by atoms with van der Waals surface area (Å²) < 4.78 is 0. The Morgan fingerprint density at radius 1 is 1.43 bits per heavy atom. The predicted octanol–water partition coefficient (Wildman–Crippen LogP) is 1.74. The summed E-state index contributed by atoms with van der Waals surface area (Å²) in [5.41, 5.74) is -0.0154. The number of carbonyl (C=O) groups is 2. The molecule has 1 heterocycles. The highest BCUT2D eigenvalue weighted by Gasteiger charge is 2.24. The molecule has 1 rings (SSSR count). The fourth-order valence-electron chi connectivity index (χ4n) is 1.29. The van der Waals surface area contributed by atoms with Gasteiger partial charge in [-0.2, -0.15) is 0 Å². The van der Waals surface area contributed by atoms with Gasteiger partial charge in [-0.1, -0.05) is 26.8 Å². The molecule has 0 aromatic carbocycles. The smallest absolute Gasteiger partial charge is 0.252 e. The molecule has 1 fully saturated rings. The van der Waals surface area contributed by atoms with Crippen molar-refractivity contribution in [1.82, 2.24) is 4.90 Å². The van der Waals surface area contributed by atoms with Gasteiger partial charge in [0.2, 0.25) is 5.91 Å². The molecule has 1 aliphatic heterocycles. The van der Waals surface area contributed by atoms with Gasteiger partial charge in [-0.15, -0.1) is 0 Å². The maximum Gasteiger partial charge on any atom is 0.252 e. The van der Waals surface area contributed by atoms with Gasteiger partial charge in [0.25, 0.3) is 5.91 Å². The Morgan fingerprint density at radius 2 is 2.07 bits per heavy atom. The van der Waals surface area contributed by atoms with Crippen molar-refractivity contribution in [2.75, 3.05) is 6.54 Å². The molecule has 0 radical (unpaired) electrons. The van der Waals surface area contributed by atoms with Crippen LogP contribution in [-0.2, 0) is 9.59 Å². The van der Waals surface area contributed by atoms with Crippen molar-refractivity contribution in [2.45, 2.75) is 33.6 Å². The average molecular weight is 195 g/mol. The molecule has 3 heteroatoms. The first-order chi connectivity index (χ1) is 6.40. The topological polar surface area (TPSA) is 37.4 Å². The number of amides is 2. The van der Waals surface area contributed by atoms with E-state index in [1.54, 1.807) is 0 Å². The van der Waals surface area contributed by atoms with Crippen molar-refractivity contribution >= 4 is 11.8 Å². The van der Waals surface area contributed by atoms with Gasteiger partial charge in [-0.3, -0.25) is 14.5 Å². The van der Waals surface area contributed by atoms with Crippen molar-refractivity contribution in [3.63, 3.8) is 0 Å². The van der Waals surface area contributed by atoms with E-state index in [2.05, 4.69) is 0 Å². The highest BCUT2D eigenvalue weighted by molar-refractivity contribution is 6.01. The monoisotopic (exact) mass is 195 g/mol. The molecule has 0 bridgehead atoms. The highest BCUT2D eigenvalue weighted by Crippen LogP contribution is 2.16. The number of hydrogen-bond acceptors (Lipinski definition) is 2.